The summed E-state index contributed by atoms with van der Waals surface area (Å²) in [5, 5.41) is 3.76. The van der Waals surface area contributed by atoms with Gasteiger partial charge in [-0.2, -0.15) is 4.31 Å². The normalized spacial score (nSPS) is 15.8. The van der Waals surface area contributed by atoms with Crippen LogP contribution in [0, 0.1) is 5.92 Å². The van der Waals surface area contributed by atoms with Crippen molar-refractivity contribution in [2.75, 3.05) is 19.6 Å². The number of carbonyl (C=O) groups is 1. The third kappa shape index (κ3) is 6.35. The molecular weight excluding hydrogens is 497 g/mol. The zero-order valence-electron chi connectivity index (χ0n) is 19.4. The van der Waals surface area contributed by atoms with E-state index < -0.39 is 27.0 Å². The van der Waals surface area contributed by atoms with Crippen LogP contribution in [-0.4, -0.2) is 54.6 Å². The van der Waals surface area contributed by atoms with Gasteiger partial charge in [-0.05, 0) is 49.4 Å². The Balaban J connectivity index is 1.21. The lowest BCUT2D eigenvalue weighted by molar-refractivity contribution is -0.275. The molecule has 0 unspecified atom stereocenters. The molecule has 0 saturated carbocycles. The number of para-hydroxylation sites is 1. The smallest absolute Gasteiger partial charge is 0.404 e. The summed E-state index contributed by atoms with van der Waals surface area (Å²) in [6.07, 6.45) is 2.15. The van der Waals surface area contributed by atoms with E-state index in [0.717, 1.165) is 42.3 Å². The van der Waals surface area contributed by atoms with E-state index in [4.69, 9.17) is 0 Å². The first kappa shape index (κ1) is 26.0. The van der Waals surface area contributed by atoms with E-state index in [-0.39, 0.29) is 19.0 Å². The molecule has 12 heteroatoms. The number of unbranched alkanes of at least 4 members (excludes halogenated alkanes) is 1. The van der Waals surface area contributed by atoms with E-state index in [9.17, 15) is 26.4 Å². The number of nitrogens with zero attached hydrogens (tertiary/aromatic N) is 2. The first-order chi connectivity index (χ1) is 17.1. The van der Waals surface area contributed by atoms with Crippen LogP contribution >= 0.6 is 0 Å². The number of sulfonamides is 1. The van der Waals surface area contributed by atoms with Gasteiger partial charge in [0.1, 0.15) is 16.3 Å². The number of fused-ring (bicyclic) bond motifs is 1. The summed E-state index contributed by atoms with van der Waals surface area (Å²) in [5.41, 5.74) is 1.33. The van der Waals surface area contributed by atoms with Crippen molar-refractivity contribution in [3.8, 4) is 5.75 Å². The van der Waals surface area contributed by atoms with Gasteiger partial charge in [0.15, 0.2) is 0 Å². The van der Waals surface area contributed by atoms with Crippen molar-refractivity contribution in [1.82, 2.24) is 19.6 Å². The molecule has 0 spiro atoms. The van der Waals surface area contributed by atoms with E-state index >= 15 is 0 Å². The molecule has 0 aliphatic carbocycles. The summed E-state index contributed by atoms with van der Waals surface area (Å²) in [4.78, 5) is 18.9. The number of benzene rings is 1. The van der Waals surface area contributed by atoms with Gasteiger partial charge in [0, 0.05) is 42.9 Å². The highest BCUT2D eigenvalue weighted by molar-refractivity contribution is 7.89. The van der Waals surface area contributed by atoms with Crippen LogP contribution in [0.2, 0.25) is 0 Å². The predicted molar refractivity (Wildman–Crippen MR) is 127 cm³/mol. The number of carbonyl (C=O) groups excluding carboxylic acids is 1. The number of aromatic nitrogens is 2. The van der Waals surface area contributed by atoms with Gasteiger partial charge in [-0.3, -0.25) is 9.78 Å². The summed E-state index contributed by atoms with van der Waals surface area (Å²) in [5.74, 6) is -0.590. The minimum absolute atomic E-state index is 0.181. The molecule has 1 saturated heterocycles. The molecule has 36 heavy (non-hydrogen) atoms. The Kier molecular flexibility index (Phi) is 7.84. The number of halogens is 3. The second kappa shape index (κ2) is 10.9. The Morgan fingerprint density at radius 3 is 2.64 bits per heavy atom. The van der Waals surface area contributed by atoms with Gasteiger partial charge < -0.3 is 15.0 Å². The molecule has 194 valence electrons. The largest absolute Gasteiger partial charge is 0.573 e. The lowest BCUT2D eigenvalue weighted by atomic mass is 9.92. The number of rotatable bonds is 9. The SMILES string of the molecule is O=C(NCCCCC1CCN(S(=O)(=O)c2ccccc2OC(F)(F)F)CC1)c1cc2cnccc2[nH]1. The molecular formula is C24H27F3N4O4S. The predicted octanol–water partition coefficient (Wildman–Crippen LogP) is 4.46. The number of piperidine rings is 1. The van der Waals surface area contributed by atoms with Gasteiger partial charge in [0.05, 0.1) is 0 Å². The summed E-state index contributed by atoms with van der Waals surface area (Å²) in [6.45, 7) is 0.994. The van der Waals surface area contributed by atoms with E-state index in [2.05, 4.69) is 20.0 Å². The van der Waals surface area contributed by atoms with Crippen LogP contribution in [0.5, 0.6) is 5.75 Å². The average molecular weight is 525 g/mol. The molecule has 8 nitrogen and oxygen atoms in total. The Morgan fingerprint density at radius 1 is 1.17 bits per heavy atom. The molecule has 2 N–H and O–H groups in total. The maximum Gasteiger partial charge on any atom is 0.573 e. The fraction of sp³-hybridized carbons (Fsp3) is 0.417. The molecule has 2 aromatic heterocycles. The van der Waals surface area contributed by atoms with Crippen molar-refractivity contribution < 1.29 is 31.1 Å². The first-order valence-electron chi connectivity index (χ1n) is 11.7. The first-order valence-corrected chi connectivity index (χ1v) is 13.1. The van der Waals surface area contributed by atoms with Crippen LogP contribution < -0.4 is 10.1 Å². The van der Waals surface area contributed by atoms with Crippen LogP contribution in [-0.2, 0) is 10.0 Å². The third-order valence-corrected chi connectivity index (χ3v) is 8.19. The highest BCUT2D eigenvalue weighted by Crippen LogP contribution is 2.33. The van der Waals surface area contributed by atoms with Crippen LogP contribution in [0.25, 0.3) is 10.9 Å². The summed E-state index contributed by atoms with van der Waals surface area (Å²) < 4.78 is 69.2. The van der Waals surface area contributed by atoms with Crippen molar-refractivity contribution in [2.45, 2.75) is 43.4 Å². The maximum atomic E-state index is 13.0. The highest BCUT2D eigenvalue weighted by Gasteiger charge is 2.36. The molecule has 1 fully saturated rings. The Morgan fingerprint density at radius 2 is 1.92 bits per heavy atom. The van der Waals surface area contributed by atoms with E-state index in [1.165, 1.54) is 16.4 Å². The van der Waals surface area contributed by atoms with Crippen LogP contribution in [0.3, 0.4) is 0 Å². The molecule has 0 bridgehead atoms. The monoisotopic (exact) mass is 524 g/mol. The van der Waals surface area contributed by atoms with Crippen molar-refractivity contribution in [3.63, 3.8) is 0 Å². The lowest BCUT2D eigenvalue weighted by Gasteiger charge is -2.31. The van der Waals surface area contributed by atoms with Gasteiger partial charge >= 0.3 is 6.36 Å². The second-order valence-corrected chi connectivity index (χ2v) is 10.6. The minimum Gasteiger partial charge on any atom is -0.404 e. The molecule has 4 rings (SSSR count). The molecule has 1 aliphatic rings. The fourth-order valence-electron chi connectivity index (χ4n) is 4.40. The van der Waals surface area contributed by atoms with Crippen molar-refractivity contribution >= 4 is 26.8 Å². The minimum atomic E-state index is -4.98. The number of hydrogen-bond acceptors (Lipinski definition) is 5. The van der Waals surface area contributed by atoms with Gasteiger partial charge in [-0.1, -0.05) is 25.0 Å². The number of H-pyrrole nitrogens is 1. The summed E-state index contributed by atoms with van der Waals surface area (Å²) in [7, 11) is -4.11. The Bertz CT molecular complexity index is 1270. The molecule has 1 aliphatic heterocycles. The number of nitrogens with one attached hydrogen (secondary N) is 2. The molecule has 3 aromatic rings. The van der Waals surface area contributed by atoms with Crippen LogP contribution in [0.4, 0.5) is 13.2 Å². The summed E-state index contributed by atoms with van der Waals surface area (Å²) >= 11 is 0. The standard InChI is InChI=1S/C24H27F3N4O4S/c25-24(26,27)35-21-6-1-2-7-22(21)36(33,34)31-13-9-17(10-14-31)5-3-4-11-29-23(32)20-15-18-16-28-12-8-19(18)30-20/h1-2,6-8,12,15-17,30H,3-5,9-11,13-14H2,(H,29,32). The number of aromatic amines is 1. The number of amides is 1. The molecule has 0 radical (unpaired) electrons. The Labute approximate surface area is 206 Å². The van der Waals surface area contributed by atoms with Gasteiger partial charge in [0.2, 0.25) is 10.0 Å². The van der Waals surface area contributed by atoms with Gasteiger partial charge in [-0.15, -0.1) is 13.2 Å². The average Bonchev–Trinajstić information content (AvgIpc) is 3.28. The molecule has 1 amide bonds. The lowest BCUT2D eigenvalue weighted by Crippen LogP contribution is -2.38. The zero-order valence-corrected chi connectivity index (χ0v) is 20.2. The van der Waals surface area contributed by atoms with E-state index in [1.807, 2.05) is 0 Å². The van der Waals surface area contributed by atoms with Crippen LogP contribution in [0.1, 0.15) is 42.6 Å². The fourth-order valence-corrected chi connectivity index (χ4v) is 5.98. The van der Waals surface area contributed by atoms with Crippen LogP contribution in [0.15, 0.2) is 53.7 Å². The molecule has 1 aromatic carbocycles. The summed E-state index contributed by atoms with van der Waals surface area (Å²) in [6, 6.07) is 8.36. The van der Waals surface area contributed by atoms with Gasteiger partial charge in [-0.25, -0.2) is 8.42 Å². The molecule has 0 atom stereocenters. The van der Waals surface area contributed by atoms with Crippen molar-refractivity contribution in [1.29, 1.82) is 0 Å². The third-order valence-electron chi connectivity index (χ3n) is 6.26. The zero-order chi connectivity index (χ0) is 25.8. The van der Waals surface area contributed by atoms with E-state index in [1.54, 1.807) is 24.5 Å². The van der Waals surface area contributed by atoms with Crippen molar-refractivity contribution in [2.24, 2.45) is 5.92 Å². The second-order valence-electron chi connectivity index (χ2n) is 8.74. The number of ether oxygens (including phenoxy) is 1. The molecule has 3 heterocycles. The number of pyridine rings is 1. The number of alkyl halides is 3. The topological polar surface area (TPSA) is 104 Å². The quantitative estimate of drug-likeness (QED) is 0.402. The maximum absolute atomic E-state index is 13.0. The van der Waals surface area contributed by atoms with Gasteiger partial charge in [0.25, 0.3) is 5.91 Å². The Hall–Kier alpha value is -3.12. The van der Waals surface area contributed by atoms with E-state index in [0.29, 0.717) is 31.0 Å². The number of hydrogen-bond donors (Lipinski definition) is 2. The highest BCUT2D eigenvalue weighted by atomic mass is 32.2. The van der Waals surface area contributed by atoms with Crippen molar-refractivity contribution in [3.05, 3.63) is 54.5 Å².